The Kier molecular flexibility index (Phi) is 5.79. The van der Waals surface area contributed by atoms with E-state index < -0.39 is 6.10 Å². The van der Waals surface area contributed by atoms with Crippen molar-refractivity contribution in [1.29, 1.82) is 0 Å². The van der Waals surface area contributed by atoms with E-state index in [0.29, 0.717) is 6.04 Å². The van der Waals surface area contributed by atoms with Crippen molar-refractivity contribution in [2.45, 2.75) is 37.8 Å². The molecule has 2 aliphatic rings. The second-order valence-electron chi connectivity index (χ2n) is 8.81. The predicted octanol–water partition coefficient (Wildman–Crippen LogP) is 4.31. The Labute approximate surface area is 183 Å². The van der Waals surface area contributed by atoms with Crippen LogP contribution in [-0.2, 0) is 12.8 Å². The van der Waals surface area contributed by atoms with Crippen LogP contribution >= 0.6 is 0 Å². The molecule has 1 atom stereocenters. The van der Waals surface area contributed by atoms with E-state index >= 15 is 0 Å². The number of benzene rings is 2. The minimum absolute atomic E-state index is 0.168. The largest absolute Gasteiger partial charge is 0.382 e. The van der Waals surface area contributed by atoms with E-state index in [1.165, 1.54) is 16.8 Å². The van der Waals surface area contributed by atoms with E-state index in [1.54, 1.807) is 12.1 Å². The van der Waals surface area contributed by atoms with Crippen LogP contribution in [0.15, 0.2) is 60.8 Å². The van der Waals surface area contributed by atoms with Crippen LogP contribution in [0.3, 0.4) is 0 Å². The molecule has 1 saturated heterocycles. The Morgan fingerprint density at radius 2 is 1.84 bits per heavy atom. The molecule has 2 N–H and O–H groups in total. The lowest BCUT2D eigenvalue weighted by Crippen LogP contribution is -2.45. The second kappa shape index (κ2) is 8.85. The predicted molar refractivity (Wildman–Crippen MR) is 122 cm³/mol. The molecule has 0 amide bonds. The number of fused-ring (bicyclic) bond motifs is 1. The minimum atomic E-state index is -0.615. The van der Waals surface area contributed by atoms with Gasteiger partial charge >= 0.3 is 0 Å². The summed E-state index contributed by atoms with van der Waals surface area (Å²) in [6.45, 7) is 4.30. The first kappa shape index (κ1) is 20.3. The molecule has 4 nitrogen and oxygen atoms in total. The van der Waals surface area contributed by atoms with Gasteiger partial charge in [-0.15, -0.1) is 0 Å². The molecule has 31 heavy (non-hydrogen) atoms. The summed E-state index contributed by atoms with van der Waals surface area (Å²) < 4.78 is 13.1. The number of anilines is 1. The topological polar surface area (TPSA) is 42.5 Å². The number of nitrogens with one attached hydrogen (secondary N) is 1. The highest BCUT2D eigenvalue weighted by molar-refractivity contribution is 5.61. The molecule has 2 aliphatic heterocycles. The van der Waals surface area contributed by atoms with Gasteiger partial charge in [0.05, 0.1) is 0 Å². The number of hydrogen-bond donors (Lipinski definition) is 2. The summed E-state index contributed by atoms with van der Waals surface area (Å²) in [7, 11) is 0. The first-order valence-electron chi connectivity index (χ1n) is 11.3. The first-order chi connectivity index (χ1) is 15.2. The highest BCUT2D eigenvalue weighted by atomic mass is 19.1. The maximum absolute atomic E-state index is 13.1. The highest BCUT2D eigenvalue weighted by Gasteiger charge is 2.30. The molecule has 1 aromatic heterocycles. The van der Waals surface area contributed by atoms with E-state index in [0.717, 1.165) is 63.1 Å². The van der Waals surface area contributed by atoms with Gasteiger partial charge in [-0.05, 0) is 72.7 Å². The average Bonchev–Trinajstić information content (AvgIpc) is 3.48. The molecule has 0 radical (unpaired) electrons. The third-order valence-corrected chi connectivity index (χ3v) is 6.90. The number of nitrogens with zero attached hydrogens (tertiary/aromatic N) is 2. The molecule has 2 aromatic carbocycles. The van der Waals surface area contributed by atoms with Gasteiger partial charge in [0.2, 0.25) is 0 Å². The lowest BCUT2D eigenvalue weighted by Gasteiger charge is -2.38. The van der Waals surface area contributed by atoms with E-state index in [9.17, 15) is 9.50 Å². The summed E-state index contributed by atoms with van der Waals surface area (Å²) >= 11 is 0. The highest BCUT2D eigenvalue weighted by Crippen LogP contribution is 2.35. The Balaban J connectivity index is 1.20. The second-order valence-corrected chi connectivity index (χ2v) is 8.81. The fourth-order valence-corrected chi connectivity index (χ4v) is 5.06. The smallest absolute Gasteiger partial charge is 0.123 e. The number of aromatic amines is 1. The van der Waals surface area contributed by atoms with Crippen LogP contribution in [0, 0.1) is 5.82 Å². The fraction of sp³-hybridized carbons (Fsp3) is 0.385. The number of halogens is 1. The van der Waals surface area contributed by atoms with Crippen molar-refractivity contribution in [2.24, 2.45) is 0 Å². The summed E-state index contributed by atoms with van der Waals surface area (Å²) in [4.78, 5) is 8.22. The average molecular weight is 420 g/mol. The van der Waals surface area contributed by atoms with Crippen LogP contribution in [-0.4, -0.2) is 47.2 Å². The third-order valence-electron chi connectivity index (χ3n) is 6.90. The standard InChI is InChI=1S/C26H30FN3O/c27-22-7-3-19(4-8-22)9-14-29-15-11-23(12-16-29)30-17-10-20-5-6-21(18-25(20)30)26(31)24-2-1-13-28-24/h1-8,13,18,23,26,28,31H,9-12,14-17H2. The number of aromatic nitrogens is 1. The molecule has 1 fully saturated rings. The van der Waals surface area contributed by atoms with Crippen molar-refractivity contribution in [3.05, 3.63) is 89.0 Å². The molecule has 5 heteroatoms. The summed E-state index contributed by atoms with van der Waals surface area (Å²) in [5.41, 5.74) is 5.67. The Bertz CT molecular complexity index is 994. The van der Waals surface area contributed by atoms with Gasteiger partial charge in [0, 0.05) is 49.8 Å². The maximum atomic E-state index is 13.1. The van der Waals surface area contributed by atoms with Crippen molar-refractivity contribution < 1.29 is 9.50 Å². The number of aliphatic hydroxyl groups excluding tert-OH is 1. The Morgan fingerprint density at radius 1 is 1.03 bits per heavy atom. The van der Waals surface area contributed by atoms with Gasteiger partial charge in [-0.25, -0.2) is 4.39 Å². The van der Waals surface area contributed by atoms with E-state index in [-0.39, 0.29) is 5.82 Å². The van der Waals surface area contributed by atoms with Gasteiger partial charge in [-0.3, -0.25) is 0 Å². The lowest BCUT2D eigenvalue weighted by molar-refractivity contribution is 0.211. The van der Waals surface area contributed by atoms with Crippen molar-refractivity contribution in [3.63, 3.8) is 0 Å². The number of hydrogen-bond acceptors (Lipinski definition) is 3. The molecule has 3 heterocycles. The van der Waals surface area contributed by atoms with Gasteiger partial charge < -0.3 is 19.9 Å². The Hall–Kier alpha value is -2.63. The van der Waals surface area contributed by atoms with E-state index in [4.69, 9.17) is 0 Å². The molecule has 5 rings (SSSR count). The molecular formula is C26H30FN3O. The number of likely N-dealkylation sites (tertiary alicyclic amines) is 1. The molecular weight excluding hydrogens is 389 g/mol. The van der Waals surface area contributed by atoms with Crippen LogP contribution in [0.2, 0.25) is 0 Å². The number of aliphatic hydroxyl groups is 1. The normalized spacial score (nSPS) is 18.3. The molecule has 1 unspecified atom stereocenters. The Morgan fingerprint density at radius 3 is 2.58 bits per heavy atom. The quantitative estimate of drug-likeness (QED) is 0.626. The van der Waals surface area contributed by atoms with Crippen LogP contribution in [0.1, 0.15) is 41.3 Å². The van der Waals surface area contributed by atoms with Gasteiger partial charge in [-0.1, -0.05) is 24.3 Å². The van der Waals surface area contributed by atoms with Crippen LogP contribution in [0.25, 0.3) is 0 Å². The molecule has 0 spiro atoms. The van der Waals surface area contributed by atoms with Gasteiger partial charge in [0.25, 0.3) is 0 Å². The zero-order chi connectivity index (χ0) is 21.2. The van der Waals surface area contributed by atoms with Gasteiger partial charge in [0.15, 0.2) is 0 Å². The first-order valence-corrected chi connectivity index (χ1v) is 11.3. The van der Waals surface area contributed by atoms with E-state index in [2.05, 4.69) is 33.0 Å². The zero-order valence-corrected chi connectivity index (χ0v) is 17.8. The summed E-state index contributed by atoms with van der Waals surface area (Å²) in [5.74, 6) is -0.168. The van der Waals surface area contributed by atoms with Crippen molar-refractivity contribution in [3.8, 4) is 0 Å². The summed E-state index contributed by atoms with van der Waals surface area (Å²) in [5, 5.41) is 10.7. The molecule has 162 valence electrons. The molecule has 0 saturated carbocycles. The monoisotopic (exact) mass is 419 g/mol. The third kappa shape index (κ3) is 4.39. The van der Waals surface area contributed by atoms with Crippen LogP contribution in [0.4, 0.5) is 10.1 Å². The van der Waals surface area contributed by atoms with Crippen LogP contribution in [0.5, 0.6) is 0 Å². The van der Waals surface area contributed by atoms with Crippen LogP contribution < -0.4 is 4.90 Å². The number of rotatable bonds is 6. The van der Waals surface area contributed by atoms with Crippen molar-refractivity contribution in [2.75, 3.05) is 31.1 Å². The number of H-pyrrole nitrogens is 1. The summed E-state index contributed by atoms with van der Waals surface area (Å²) in [6.07, 6.45) is 5.60. The SMILES string of the molecule is OC(c1ccc2c(c1)N(C1CCN(CCc3ccc(F)cc3)CC1)CC2)c1ccc[nH]1. The molecule has 0 aliphatic carbocycles. The number of piperidine rings is 1. The van der Waals surface area contributed by atoms with Crippen molar-refractivity contribution >= 4 is 5.69 Å². The van der Waals surface area contributed by atoms with Crippen molar-refractivity contribution in [1.82, 2.24) is 9.88 Å². The lowest BCUT2D eigenvalue weighted by atomic mass is 10.0. The van der Waals surface area contributed by atoms with E-state index in [1.807, 2.05) is 30.5 Å². The van der Waals surface area contributed by atoms with Gasteiger partial charge in [0.1, 0.15) is 11.9 Å². The fourth-order valence-electron chi connectivity index (χ4n) is 5.06. The minimum Gasteiger partial charge on any atom is -0.382 e. The maximum Gasteiger partial charge on any atom is 0.123 e. The zero-order valence-electron chi connectivity index (χ0n) is 17.8. The molecule has 3 aromatic rings. The molecule has 0 bridgehead atoms. The van der Waals surface area contributed by atoms with Gasteiger partial charge in [-0.2, -0.15) is 0 Å². The summed E-state index contributed by atoms with van der Waals surface area (Å²) in [6, 6.07) is 17.7.